The van der Waals surface area contributed by atoms with Crippen LogP contribution < -0.4 is 11.1 Å². The van der Waals surface area contributed by atoms with E-state index in [0.717, 1.165) is 5.69 Å². The number of nitrogen functional groups attached to an aromatic ring is 1. The molecule has 1 amide bonds. The highest BCUT2D eigenvalue weighted by molar-refractivity contribution is 7.08. The third-order valence-corrected chi connectivity index (χ3v) is 2.90. The summed E-state index contributed by atoms with van der Waals surface area (Å²) in [6, 6.07) is 3.31. The first-order valence-electron chi connectivity index (χ1n) is 4.41. The van der Waals surface area contributed by atoms with E-state index in [9.17, 15) is 4.79 Å². The van der Waals surface area contributed by atoms with Crippen LogP contribution in [0.15, 0.2) is 29.1 Å². The molecule has 0 atom stereocenters. The average molecular weight is 254 g/mol. The number of rotatable bonds is 2. The van der Waals surface area contributed by atoms with Gasteiger partial charge in [-0.05, 0) is 17.5 Å². The molecular weight excluding hydrogens is 246 g/mol. The highest BCUT2D eigenvalue weighted by Gasteiger charge is 2.08. The molecule has 0 aliphatic carbocycles. The van der Waals surface area contributed by atoms with E-state index in [1.54, 1.807) is 0 Å². The molecule has 0 saturated heterocycles. The minimum atomic E-state index is -0.257. The van der Waals surface area contributed by atoms with Crippen molar-refractivity contribution in [2.75, 3.05) is 11.1 Å². The second-order valence-electron chi connectivity index (χ2n) is 3.06. The second kappa shape index (κ2) is 4.51. The van der Waals surface area contributed by atoms with Gasteiger partial charge in [0, 0.05) is 11.6 Å². The molecule has 2 aromatic heterocycles. The molecule has 0 saturated carbocycles. The van der Waals surface area contributed by atoms with Crippen molar-refractivity contribution in [2.24, 2.45) is 0 Å². The fraction of sp³-hybridized carbons (Fsp3) is 0. The van der Waals surface area contributed by atoms with Gasteiger partial charge in [0.2, 0.25) is 0 Å². The number of nitrogens with two attached hydrogens (primary N) is 1. The van der Waals surface area contributed by atoms with Crippen LogP contribution in [0.2, 0.25) is 5.02 Å². The van der Waals surface area contributed by atoms with Crippen LogP contribution in [-0.2, 0) is 0 Å². The third-order valence-electron chi connectivity index (χ3n) is 1.91. The molecule has 6 heteroatoms. The maximum absolute atomic E-state index is 11.7. The van der Waals surface area contributed by atoms with Gasteiger partial charge in [0.15, 0.2) is 0 Å². The van der Waals surface area contributed by atoms with E-state index in [2.05, 4.69) is 10.3 Å². The van der Waals surface area contributed by atoms with Gasteiger partial charge in [-0.2, -0.15) is 11.3 Å². The maximum atomic E-state index is 11.7. The summed E-state index contributed by atoms with van der Waals surface area (Å²) in [5, 5.41) is 6.71. The van der Waals surface area contributed by atoms with Crippen molar-refractivity contribution in [3.05, 3.63) is 39.7 Å². The first kappa shape index (κ1) is 10.9. The summed E-state index contributed by atoms with van der Waals surface area (Å²) in [4.78, 5) is 15.5. The van der Waals surface area contributed by atoms with Crippen molar-refractivity contribution in [1.29, 1.82) is 0 Å². The Morgan fingerprint density at radius 2 is 2.38 bits per heavy atom. The van der Waals surface area contributed by atoms with Gasteiger partial charge in [-0.1, -0.05) is 11.6 Å². The van der Waals surface area contributed by atoms with Crippen molar-refractivity contribution in [3.8, 4) is 0 Å². The Hall–Kier alpha value is -1.59. The molecule has 0 radical (unpaired) electrons. The van der Waals surface area contributed by atoms with E-state index in [1.807, 2.05) is 16.8 Å². The summed E-state index contributed by atoms with van der Waals surface area (Å²) in [5.41, 5.74) is 6.58. The van der Waals surface area contributed by atoms with Gasteiger partial charge < -0.3 is 11.1 Å². The summed E-state index contributed by atoms with van der Waals surface area (Å²) in [5.74, 6) is -0.0402. The standard InChI is InChI=1S/C10H8ClN3OS/c11-8-3-6(4-13-9(8)12)10(15)14-7-1-2-16-5-7/h1-5H,(H2,12,13)(H,14,15). The average Bonchev–Trinajstić information content (AvgIpc) is 2.74. The zero-order valence-corrected chi connectivity index (χ0v) is 9.68. The Morgan fingerprint density at radius 1 is 1.56 bits per heavy atom. The number of amides is 1. The number of aromatic nitrogens is 1. The van der Waals surface area contributed by atoms with Crippen molar-refractivity contribution < 1.29 is 4.79 Å². The quantitative estimate of drug-likeness (QED) is 0.865. The van der Waals surface area contributed by atoms with Crippen LogP contribution in [0.4, 0.5) is 11.5 Å². The SMILES string of the molecule is Nc1ncc(C(=O)Nc2ccsc2)cc1Cl. The number of hydrogen-bond acceptors (Lipinski definition) is 4. The predicted molar refractivity (Wildman–Crippen MR) is 65.9 cm³/mol. The minimum Gasteiger partial charge on any atom is -0.382 e. The van der Waals surface area contributed by atoms with Crippen LogP contribution in [-0.4, -0.2) is 10.9 Å². The number of nitrogens with one attached hydrogen (secondary N) is 1. The fourth-order valence-electron chi connectivity index (χ4n) is 1.11. The van der Waals surface area contributed by atoms with Crippen LogP contribution >= 0.6 is 22.9 Å². The molecule has 3 N–H and O–H groups in total. The van der Waals surface area contributed by atoms with Gasteiger partial charge in [0.1, 0.15) is 5.82 Å². The molecule has 0 aliphatic rings. The number of carbonyl (C=O) groups is 1. The lowest BCUT2D eigenvalue weighted by Crippen LogP contribution is -2.12. The Bertz CT molecular complexity index is 513. The summed E-state index contributed by atoms with van der Waals surface area (Å²) in [6.45, 7) is 0. The van der Waals surface area contributed by atoms with Gasteiger partial charge in [-0.15, -0.1) is 0 Å². The Kier molecular flexibility index (Phi) is 3.07. The van der Waals surface area contributed by atoms with Gasteiger partial charge >= 0.3 is 0 Å². The topological polar surface area (TPSA) is 68.0 Å². The Balaban J connectivity index is 2.18. The number of anilines is 2. The molecule has 0 fully saturated rings. The Morgan fingerprint density at radius 3 is 3.00 bits per heavy atom. The van der Waals surface area contributed by atoms with E-state index in [4.69, 9.17) is 17.3 Å². The van der Waals surface area contributed by atoms with Crippen molar-refractivity contribution >= 4 is 40.4 Å². The van der Waals surface area contributed by atoms with E-state index in [0.29, 0.717) is 5.56 Å². The third kappa shape index (κ3) is 2.32. The lowest BCUT2D eigenvalue weighted by atomic mass is 10.2. The molecule has 0 aliphatic heterocycles. The number of hydrogen-bond donors (Lipinski definition) is 2. The van der Waals surface area contributed by atoms with E-state index < -0.39 is 0 Å². The van der Waals surface area contributed by atoms with Crippen molar-refractivity contribution in [2.45, 2.75) is 0 Å². The molecule has 2 rings (SSSR count). The number of nitrogens with zero attached hydrogens (tertiary/aromatic N) is 1. The van der Waals surface area contributed by atoms with Gasteiger partial charge in [0.05, 0.1) is 16.3 Å². The molecule has 4 nitrogen and oxygen atoms in total. The first-order chi connectivity index (χ1) is 7.66. The Labute approximate surface area is 101 Å². The summed E-state index contributed by atoms with van der Waals surface area (Å²) in [7, 11) is 0. The number of carbonyl (C=O) groups excluding carboxylic acids is 1. The normalized spacial score (nSPS) is 10.1. The largest absolute Gasteiger partial charge is 0.382 e. The molecule has 16 heavy (non-hydrogen) atoms. The van der Waals surface area contributed by atoms with Gasteiger partial charge in [0.25, 0.3) is 5.91 Å². The molecule has 2 aromatic rings. The zero-order valence-electron chi connectivity index (χ0n) is 8.11. The van der Waals surface area contributed by atoms with Crippen LogP contribution in [0.1, 0.15) is 10.4 Å². The molecule has 0 unspecified atom stereocenters. The highest BCUT2D eigenvalue weighted by Crippen LogP contribution is 2.18. The fourth-order valence-corrected chi connectivity index (χ4v) is 1.87. The summed E-state index contributed by atoms with van der Waals surface area (Å²) in [6.07, 6.45) is 1.39. The predicted octanol–water partition coefficient (Wildman–Crippen LogP) is 2.63. The van der Waals surface area contributed by atoms with Gasteiger partial charge in [-0.3, -0.25) is 4.79 Å². The highest BCUT2D eigenvalue weighted by atomic mass is 35.5. The number of halogens is 1. The molecule has 0 aromatic carbocycles. The van der Waals surface area contributed by atoms with Crippen LogP contribution in [0.25, 0.3) is 0 Å². The van der Waals surface area contributed by atoms with Crippen LogP contribution in [0.3, 0.4) is 0 Å². The summed E-state index contributed by atoms with van der Waals surface area (Å²) >= 11 is 7.28. The smallest absolute Gasteiger partial charge is 0.257 e. The lowest BCUT2D eigenvalue weighted by molar-refractivity contribution is 0.102. The molecule has 0 bridgehead atoms. The monoisotopic (exact) mass is 253 g/mol. The lowest BCUT2D eigenvalue weighted by Gasteiger charge is -2.03. The maximum Gasteiger partial charge on any atom is 0.257 e. The molecule has 0 spiro atoms. The van der Waals surface area contributed by atoms with E-state index >= 15 is 0 Å². The number of pyridine rings is 1. The second-order valence-corrected chi connectivity index (χ2v) is 4.24. The molecule has 2 heterocycles. The molecule has 82 valence electrons. The van der Waals surface area contributed by atoms with Crippen molar-refractivity contribution in [1.82, 2.24) is 4.98 Å². The minimum absolute atomic E-state index is 0.216. The zero-order chi connectivity index (χ0) is 11.5. The van der Waals surface area contributed by atoms with E-state index in [-0.39, 0.29) is 16.7 Å². The molecular formula is C10H8ClN3OS. The first-order valence-corrected chi connectivity index (χ1v) is 5.73. The van der Waals surface area contributed by atoms with E-state index in [1.165, 1.54) is 23.6 Å². The van der Waals surface area contributed by atoms with Crippen LogP contribution in [0, 0.1) is 0 Å². The van der Waals surface area contributed by atoms with Gasteiger partial charge in [-0.25, -0.2) is 4.98 Å². The summed E-state index contributed by atoms with van der Waals surface area (Å²) < 4.78 is 0. The van der Waals surface area contributed by atoms with Crippen LogP contribution in [0.5, 0.6) is 0 Å². The number of thiophene rings is 1. The van der Waals surface area contributed by atoms with Crippen molar-refractivity contribution in [3.63, 3.8) is 0 Å².